The van der Waals surface area contributed by atoms with Crippen molar-refractivity contribution in [3.63, 3.8) is 0 Å². The van der Waals surface area contributed by atoms with Crippen molar-refractivity contribution in [1.29, 1.82) is 0 Å². The van der Waals surface area contributed by atoms with Crippen LogP contribution in [0.25, 0.3) is 0 Å². The molecule has 1 heterocycles. The molecule has 0 N–H and O–H groups in total. The van der Waals surface area contributed by atoms with Crippen LogP contribution in [-0.2, 0) is 19.1 Å². The van der Waals surface area contributed by atoms with Gasteiger partial charge in [0.2, 0.25) is 6.10 Å². The van der Waals surface area contributed by atoms with E-state index < -0.39 is 18.0 Å². The van der Waals surface area contributed by atoms with Crippen LogP contribution in [0.2, 0.25) is 0 Å². The van der Waals surface area contributed by atoms with Crippen LogP contribution in [-0.4, -0.2) is 24.1 Å². The van der Waals surface area contributed by atoms with Crippen molar-refractivity contribution in [2.24, 2.45) is 5.92 Å². The van der Waals surface area contributed by atoms with E-state index in [0.717, 1.165) is 19.3 Å². The molecule has 2 fully saturated rings. The second kappa shape index (κ2) is 3.68. The molecule has 0 aromatic carbocycles. The molecule has 1 aliphatic carbocycles. The van der Waals surface area contributed by atoms with E-state index >= 15 is 0 Å². The van der Waals surface area contributed by atoms with Crippen molar-refractivity contribution in [2.75, 3.05) is 0 Å². The van der Waals surface area contributed by atoms with Crippen molar-refractivity contribution in [2.45, 2.75) is 38.4 Å². The van der Waals surface area contributed by atoms with Gasteiger partial charge in [-0.05, 0) is 26.2 Å². The molecule has 4 heteroatoms. The standard InChI is InChI=1S/C11H14O4/c1-6(2)10(12)15-9-7-4-3-5-8(7)14-11(9)13/h7-9H,1,3-5H2,2H3. The molecule has 2 aliphatic rings. The highest BCUT2D eigenvalue weighted by Gasteiger charge is 2.49. The monoisotopic (exact) mass is 210 g/mol. The van der Waals surface area contributed by atoms with Crippen LogP contribution in [0.3, 0.4) is 0 Å². The molecule has 2 rings (SSSR count). The summed E-state index contributed by atoms with van der Waals surface area (Å²) in [6, 6.07) is 0. The highest BCUT2D eigenvalue weighted by molar-refractivity contribution is 5.90. The lowest BCUT2D eigenvalue weighted by molar-refractivity contribution is -0.159. The van der Waals surface area contributed by atoms with Crippen molar-refractivity contribution in [3.05, 3.63) is 12.2 Å². The van der Waals surface area contributed by atoms with Crippen molar-refractivity contribution < 1.29 is 19.1 Å². The molecule has 0 aromatic rings. The number of hydrogen-bond donors (Lipinski definition) is 0. The lowest BCUT2D eigenvalue weighted by Crippen LogP contribution is -2.29. The van der Waals surface area contributed by atoms with Gasteiger partial charge in [0, 0.05) is 11.5 Å². The molecule has 3 unspecified atom stereocenters. The lowest BCUT2D eigenvalue weighted by atomic mass is 10.0. The lowest BCUT2D eigenvalue weighted by Gasteiger charge is -2.13. The van der Waals surface area contributed by atoms with Crippen LogP contribution in [0.1, 0.15) is 26.2 Å². The van der Waals surface area contributed by atoms with Gasteiger partial charge < -0.3 is 9.47 Å². The summed E-state index contributed by atoms with van der Waals surface area (Å²) >= 11 is 0. The Hall–Kier alpha value is -1.32. The van der Waals surface area contributed by atoms with Crippen LogP contribution in [0.15, 0.2) is 12.2 Å². The Bertz CT molecular complexity index is 321. The predicted octanol–water partition coefficient (Wildman–Crippen LogP) is 1.20. The zero-order valence-corrected chi connectivity index (χ0v) is 8.69. The fourth-order valence-electron chi connectivity index (χ4n) is 2.19. The Morgan fingerprint density at radius 3 is 2.93 bits per heavy atom. The Morgan fingerprint density at radius 2 is 2.27 bits per heavy atom. The van der Waals surface area contributed by atoms with Crippen molar-refractivity contribution in [1.82, 2.24) is 0 Å². The second-order valence-corrected chi connectivity index (χ2v) is 4.18. The summed E-state index contributed by atoms with van der Waals surface area (Å²) in [4.78, 5) is 22.7. The SMILES string of the molecule is C=C(C)C(=O)OC1C(=O)OC2CCCC21. The van der Waals surface area contributed by atoms with Crippen LogP contribution in [0, 0.1) is 5.92 Å². The Labute approximate surface area is 88.2 Å². The van der Waals surface area contributed by atoms with E-state index in [1.54, 1.807) is 6.92 Å². The summed E-state index contributed by atoms with van der Waals surface area (Å²) in [5.74, 6) is -0.857. The first-order valence-electron chi connectivity index (χ1n) is 5.16. The number of carbonyl (C=O) groups is 2. The van der Waals surface area contributed by atoms with Crippen LogP contribution >= 0.6 is 0 Å². The first kappa shape index (κ1) is 10.2. The van der Waals surface area contributed by atoms with Crippen molar-refractivity contribution >= 4 is 11.9 Å². The van der Waals surface area contributed by atoms with Crippen LogP contribution in [0.5, 0.6) is 0 Å². The summed E-state index contributed by atoms with van der Waals surface area (Å²) in [5, 5.41) is 0. The maximum absolute atomic E-state index is 11.4. The van der Waals surface area contributed by atoms with Gasteiger partial charge in [-0.1, -0.05) is 6.58 Å². The number of esters is 2. The Balaban J connectivity index is 2.05. The number of fused-ring (bicyclic) bond motifs is 1. The van der Waals surface area contributed by atoms with E-state index in [1.807, 2.05) is 0 Å². The minimum atomic E-state index is -0.707. The normalized spacial score (nSPS) is 33.4. The third-order valence-electron chi connectivity index (χ3n) is 2.97. The average molecular weight is 210 g/mol. The summed E-state index contributed by atoms with van der Waals surface area (Å²) in [6.45, 7) is 5.05. The molecule has 0 spiro atoms. The van der Waals surface area contributed by atoms with E-state index in [-0.39, 0.29) is 12.0 Å². The molecule has 0 amide bonds. The zero-order valence-electron chi connectivity index (χ0n) is 8.69. The summed E-state index contributed by atoms with van der Waals surface area (Å²) < 4.78 is 10.2. The number of ether oxygens (including phenoxy) is 2. The molecular weight excluding hydrogens is 196 g/mol. The van der Waals surface area contributed by atoms with Gasteiger partial charge in [-0.2, -0.15) is 0 Å². The Morgan fingerprint density at radius 1 is 1.53 bits per heavy atom. The topological polar surface area (TPSA) is 52.6 Å². The largest absolute Gasteiger partial charge is 0.459 e. The first-order valence-corrected chi connectivity index (χ1v) is 5.16. The number of hydrogen-bond acceptors (Lipinski definition) is 4. The molecule has 0 aromatic heterocycles. The minimum absolute atomic E-state index is 0.0413. The van der Waals surface area contributed by atoms with E-state index in [9.17, 15) is 9.59 Å². The van der Waals surface area contributed by atoms with Gasteiger partial charge >= 0.3 is 11.9 Å². The molecule has 0 radical (unpaired) electrons. The van der Waals surface area contributed by atoms with Crippen LogP contribution < -0.4 is 0 Å². The smallest absolute Gasteiger partial charge is 0.348 e. The van der Waals surface area contributed by atoms with Gasteiger partial charge in [0.25, 0.3) is 0 Å². The van der Waals surface area contributed by atoms with Gasteiger partial charge in [0.1, 0.15) is 6.10 Å². The third kappa shape index (κ3) is 1.76. The third-order valence-corrected chi connectivity index (χ3v) is 2.97. The molecule has 0 bridgehead atoms. The highest BCUT2D eigenvalue weighted by Crippen LogP contribution is 2.38. The molecule has 4 nitrogen and oxygen atoms in total. The number of carbonyl (C=O) groups excluding carboxylic acids is 2. The Kier molecular flexibility index (Phi) is 2.50. The van der Waals surface area contributed by atoms with Gasteiger partial charge in [0.15, 0.2) is 0 Å². The molecule has 1 saturated heterocycles. The first-order chi connectivity index (χ1) is 7.09. The summed E-state index contributed by atoms with van der Waals surface area (Å²) in [6.07, 6.45) is 2.06. The fraction of sp³-hybridized carbons (Fsp3) is 0.636. The van der Waals surface area contributed by atoms with E-state index in [4.69, 9.17) is 9.47 Å². The van der Waals surface area contributed by atoms with E-state index in [0.29, 0.717) is 5.57 Å². The fourth-order valence-corrected chi connectivity index (χ4v) is 2.19. The molecule has 82 valence electrons. The highest BCUT2D eigenvalue weighted by atomic mass is 16.6. The predicted molar refractivity (Wildman–Crippen MR) is 51.9 cm³/mol. The molecule has 1 aliphatic heterocycles. The zero-order chi connectivity index (χ0) is 11.0. The molecule has 1 saturated carbocycles. The van der Waals surface area contributed by atoms with Gasteiger partial charge in [-0.15, -0.1) is 0 Å². The second-order valence-electron chi connectivity index (χ2n) is 4.18. The van der Waals surface area contributed by atoms with Gasteiger partial charge in [-0.25, -0.2) is 9.59 Å². The van der Waals surface area contributed by atoms with Gasteiger partial charge in [-0.3, -0.25) is 0 Å². The minimum Gasteiger partial charge on any atom is -0.459 e. The molecule has 3 atom stereocenters. The molecule has 15 heavy (non-hydrogen) atoms. The maximum atomic E-state index is 11.4. The number of rotatable bonds is 2. The van der Waals surface area contributed by atoms with Crippen molar-refractivity contribution in [3.8, 4) is 0 Å². The van der Waals surface area contributed by atoms with E-state index in [2.05, 4.69) is 6.58 Å². The maximum Gasteiger partial charge on any atom is 0.348 e. The average Bonchev–Trinajstić information content (AvgIpc) is 2.69. The summed E-state index contributed by atoms with van der Waals surface area (Å²) in [7, 11) is 0. The van der Waals surface area contributed by atoms with Crippen LogP contribution in [0.4, 0.5) is 0 Å². The molecular formula is C11H14O4. The van der Waals surface area contributed by atoms with E-state index in [1.165, 1.54) is 0 Å². The van der Waals surface area contributed by atoms with Gasteiger partial charge in [0.05, 0.1) is 0 Å². The summed E-state index contributed by atoms with van der Waals surface area (Å²) in [5.41, 5.74) is 0.309. The quantitative estimate of drug-likeness (QED) is 0.507.